The number of hydrogen-bond donors (Lipinski definition) is 1. The van der Waals surface area contributed by atoms with Crippen molar-refractivity contribution >= 4 is 0 Å². The molecule has 0 aliphatic carbocycles. The normalized spacial score (nSPS) is 12.0. The van der Waals surface area contributed by atoms with Crippen LogP contribution in [-0.2, 0) is 4.74 Å². The van der Waals surface area contributed by atoms with Gasteiger partial charge in [0.15, 0.2) is 5.79 Å². The van der Waals surface area contributed by atoms with Gasteiger partial charge in [0.05, 0.1) is 0 Å². The minimum Gasteiger partial charge on any atom is -0.366 e. The van der Waals surface area contributed by atoms with Gasteiger partial charge in [-0.2, -0.15) is 0 Å². The van der Waals surface area contributed by atoms with Gasteiger partial charge in [-0.05, 0) is 13.3 Å². The largest absolute Gasteiger partial charge is 0.366 e. The lowest BCUT2D eigenvalue weighted by molar-refractivity contribution is -0.155. The van der Waals surface area contributed by atoms with Gasteiger partial charge in [-0.1, -0.05) is 13.3 Å². The molecule has 0 aromatic rings. The van der Waals surface area contributed by atoms with E-state index in [1.807, 2.05) is 0 Å². The summed E-state index contributed by atoms with van der Waals surface area (Å²) in [6, 6.07) is 0. The molecule has 0 aromatic heterocycles. The van der Waals surface area contributed by atoms with Crippen LogP contribution >= 0.6 is 0 Å². The molecule has 1 radical (unpaired) electrons. The van der Waals surface area contributed by atoms with E-state index in [0.29, 0.717) is 6.61 Å². The number of aliphatic hydroxyl groups is 1. The van der Waals surface area contributed by atoms with Crippen molar-refractivity contribution in [3.05, 3.63) is 6.92 Å². The van der Waals surface area contributed by atoms with Crippen LogP contribution in [0.4, 0.5) is 0 Å². The topological polar surface area (TPSA) is 29.5 Å². The van der Waals surface area contributed by atoms with E-state index < -0.39 is 5.79 Å². The van der Waals surface area contributed by atoms with Crippen LogP contribution in [0.15, 0.2) is 0 Å². The fourth-order valence-corrected chi connectivity index (χ4v) is 0.436. The molecule has 1 N–H and O–H groups in total. The maximum Gasteiger partial charge on any atom is 0.162 e. The highest BCUT2D eigenvalue weighted by Crippen LogP contribution is 2.03. The first-order valence-electron chi connectivity index (χ1n) is 3.28. The van der Waals surface area contributed by atoms with Crippen molar-refractivity contribution in [3.63, 3.8) is 0 Å². The van der Waals surface area contributed by atoms with Gasteiger partial charge in [0, 0.05) is 13.5 Å². The summed E-state index contributed by atoms with van der Waals surface area (Å²) in [7, 11) is 0. The van der Waals surface area contributed by atoms with E-state index in [0.717, 1.165) is 12.8 Å². The van der Waals surface area contributed by atoms with Crippen LogP contribution in [0, 0.1) is 6.92 Å². The molecular formula is C7H15O2. The maximum atomic E-state index is 8.91. The molecule has 0 fully saturated rings. The van der Waals surface area contributed by atoms with Gasteiger partial charge in [0.25, 0.3) is 0 Å². The first kappa shape index (κ1) is 8.92. The third kappa shape index (κ3) is 7.92. The summed E-state index contributed by atoms with van der Waals surface area (Å²) in [5, 5.41) is 8.91. The first-order chi connectivity index (χ1) is 4.06. The zero-order valence-electron chi connectivity index (χ0n) is 6.18. The van der Waals surface area contributed by atoms with Crippen LogP contribution in [0.2, 0.25) is 0 Å². The highest BCUT2D eigenvalue weighted by atomic mass is 16.6. The van der Waals surface area contributed by atoms with E-state index in [1.165, 1.54) is 6.92 Å². The number of rotatable bonds is 4. The highest BCUT2D eigenvalue weighted by molar-refractivity contribution is 4.60. The summed E-state index contributed by atoms with van der Waals surface area (Å²) in [6.07, 6.45) is 2.06. The van der Waals surface area contributed by atoms with Crippen LogP contribution in [0.3, 0.4) is 0 Å². The van der Waals surface area contributed by atoms with Crippen molar-refractivity contribution < 1.29 is 9.84 Å². The second-order valence-electron chi connectivity index (χ2n) is 2.38. The Morgan fingerprint density at radius 3 is 2.56 bits per heavy atom. The van der Waals surface area contributed by atoms with E-state index in [2.05, 4.69) is 13.8 Å². The molecule has 2 heteroatoms. The molecule has 0 aromatic carbocycles. The Hall–Kier alpha value is -0.0800. The molecule has 0 rings (SSSR count). The summed E-state index contributed by atoms with van der Waals surface area (Å²) in [6.45, 7) is 7.57. The molecule has 2 nitrogen and oxygen atoms in total. The fraction of sp³-hybridized carbons (Fsp3) is 0.857. The van der Waals surface area contributed by atoms with Crippen LogP contribution < -0.4 is 0 Å². The lowest BCUT2D eigenvalue weighted by Gasteiger charge is -2.17. The number of hydrogen-bond acceptors (Lipinski definition) is 2. The summed E-state index contributed by atoms with van der Waals surface area (Å²) in [5.41, 5.74) is 0. The maximum absolute atomic E-state index is 8.91. The molecule has 9 heavy (non-hydrogen) atoms. The molecule has 1 atom stereocenters. The van der Waals surface area contributed by atoms with Crippen molar-refractivity contribution in [1.29, 1.82) is 0 Å². The van der Waals surface area contributed by atoms with Gasteiger partial charge >= 0.3 is 0 Å². The van der Waals surface area contributed by atoms with Gasteiger partial charge < -0.3 is 9.84 Å². The molecule has 0 heterocycles. The summed E-state index contributed by atoms with van der Waals surface area (Å²) < 4.78 is 4.91. The van der Waals surface area contributed by atoms with Crippen LogP contribution in [0.5, 0.6) is 0 Å². The van der Waals surface area contributed by atoms with Crippen LogP contribution in [-0.4, -0.2) is 17.5 Å². The predicted octanol–water partition coefficient (Wildman–Crippen LogP) is 1.35. The van der Waals surface area contributed by atoms with E-state index >= 15 is 0 Å². The van der Waals surface area contributed by atoms with Crippen molar-refractivity contribution in [1.82, 2.24) is 0 Å². The average Bonchev–Trinajstić information content (AvgIpc) is 1.63. The standard InChI is InChI=1S/C7H15O2/c1-4-5-6-9-7(2,3)8/h8H,2,4-6H2,1,3H3. The third-order valence-corrected chi connectivity index (χ3v) is 0.911. The second-order valence-corrected chi connectivity index (χ2v) is 2.38. The molecule has 0 spiro atoms. The van der Waals surface area contributed by atoms with E-state index in [1.54, 1.807) is 0 Å². The SMILES string of the molecule is [CH2]C(C)(O)OCCCC. The Morgan fingerprint density at radius 2 is 2.22 bits per heavy atom. The lowest BCUT2D eigenvalue weighted by atomic mass is 10.3. The Kier molecular flexibility index (Phi) is 3.82. The van der Waals surface area contributed by atoms with E-state index in [-0.39, 0.29) is 0 Å². The van der Waals surface area contributed by atoms with Crippen molar-refractivity contribution in [2.75, 3.05) is 6.61 Å². The van der Waals surface area contributed by atoms with Crippen LogP contribution in [0.25, 0.3) is 0 Å². The molecule has 0 aliphatic rings. The Morgan fingerprint density at radius 1 is 1.67 bits per heavy atom. The summed E-state index contributed by atoms with van der Waals surface area (Å²) in [5.74, 6) is -1.20. The molecular weight excluding hydrogens is 116 g/mol. The number of ether oxygens (including phenoxy) is 1. The molecule has 0 saturated heterocycles. The predicted molar refractivity (Wildman–Crippen MR) is 36.8 cm³/mol. The van der Waals surface area contributed by atoms with Gasteiger partial charge in [0.1, 0.15) is 0 Å². The molecule has 0 aliphatic heterocycles. The second kappa shape index (κ2) is 3.85. The summed E-state index contributed by atoms with van der Waals surface area (Å²) in [4.78, 5) is 0. The van der Waals surface area contributed by atoms with Crippen molar-refractivity contribution in [3.8, 4) is 0 Å². The molecule has 0 amide bonds. The monoisotopic (exact) mass is 131 g/mol. The zero-order valence-corrected chi connectivity index (χ0v) is 6.18. The first-order valence-corrected chi connectivity index (χ1v) is 3.28. The van der Waals surface area contributed by atoms with Gasteiger partial charge in [-0.25, -0.2) is 0 Å². The fourth-order valence-electron chi connectivity index (χ4n) is 0.436. The van der Waals surface area contributed by atoms with Gasteiger partial charge in [0.2, 0.25) is 0 Å². The third-order valence-electron chi connectivity index (χ3n) is 0.911. The molecule has 55 valence electrons. The van der Waals surface area contributed by atoms with Crippen molar-refractivity contribution in [2.24, 2.45) is 0 Å². The van der Waals surface area contributed by atoms with E-state index in [9.17, 15) is 0 Å². The Bertz CT molecular complexity index is 63.8. The lowest BCUT2D eigenvalue weighted by Crippen LogP contribution is -2.24. The van der Waals surface area contributed by atoms with Crippen molar-refractivity contribution in [2.45, 2.75) is 32.5 Å². The van der Waals surface area contributed by atoms with Gasteiger partial charge in [-0.15, -0.1) is 0 Å². The Balaban J connectivity index is 3.07. The smallest absolute Gasteiger partial charge is 0.162 e. The minimum atomic E-state index is -1.20. The van der Waals surface area contributed by atoms with Crippen LogP contribution in [0.1, 0.15) is 26.7 Å². The van der Waals surface area contributed by atoms with Gasteiger partial charge in [-0.3, -0.25) is 0 Å². The Labute approximate surface area is 56.8 Å². The molecule has 0 saturated carbocycles. The zero-order chi connectivity index (χ0) is 7.33. The van der Waals surface area contributed by atoms with E-state index in [4.69, 9.17) is 9.84 Å². The molecule has 0 bridgehead atoms. The number of unbranched alkanes of at least 4 members (excludes halogenated alkanes) is 1. The minimum absolute atomic E-state index is 0.590. The average molecular weight is 131 g/mol. The highest BCUT2D eigenvalue weighted by Gasteiger charge is 2.10. The summed E-state index contributed by atoms with van der Waals surface area (Å²) >= 11 is 0. The molecule has 1 unspecified atom stereocenters. The quantitative estimate of drug-likeness (QED) is 0.461.